The summed E-state index contributed by atoms with van der Waals surface area (Å²) in [5.41, 5.74) is 1.31. The molecule has 138 valence electrons. The van der Waals surface area contributed by atoms with Gasteiger partial charge < -0.3 is 10.6 Å². The molecular weight excluding hydrogens is 366 g/mol. The minimum atomic E-state index is 0.0531. The number of carbonyl (C=O) groups excluding carboxylic acids is 1. The van der Waals surface area contributed by atoms with E-state index in [1.165, 1.54) is 28.7 Å². The lowest BCUT2D eigenvalue weighted by atomic mass is 10.2. The van der Waals surface area contributed by atoms with Gasteiger partial charge in [-0.1, -0.05) is 59.5 Å². The molecule has 0 aliphatic carbocycles. The van der Waals surface area contributed by atoms with Gasteiger partial charge in [-0.25, -0.2) is 0 Å². The topological polar surface area (TPSA) is 70.1 Å². The van der Waals surface area contributed by atoms with Crippen molar-refractivity contribution in [3.63, 3.8) is 0 Å². The lowest BCUT2D eigenvalue weighted by molar-refractivity contribution is -0.119. The fourth-order valence-corrected chi connectivity index (χ4v) is 4.40. The first-order valence-electron chi connectivity index (χ1n) is 8.59. The maximum atomic E-state index is 12.2. The van der Waals surface area contributed by atoms with E-state index in [1.54, 1.807) is 6.08 Å². The quantitative estimate of drug-likeness (QED) is 0.508. The second-order valence-corrected chi connectivity index (χ2v) is 8.31. The molecule has 2 N–H and O–H groups in total. The zero-order chi connectivity index (χ0) is 18.2. The van der Waals surface area contributed by atoms with Crippen LogP contribution < -0.4 is 10.6 Å². The predicted octanol–water partition coefficient (Wildman–Crippen LogP) is 2.62. The lowest BCUT2D eigenvalue weighted by Crippen LogP contribution is -2.37. The highest BCUT2D eigenvalue weighted by molar-refractivity contribution is 8.01. The minimum absolute atomic E-state index is 0.0531. The second-order valence-electron chi connectivity index (χ2n) is 6.11. The van der Waals surface area contributed by atoms with E-state index in [0.29, 0.717) is 12.3 Å². The number of hydrogen-bond acceptors (Lipinski definition) is 7. The molecular formula is C18H23N5OS2. The van der Waals surface area contributed by atoms with Crippen LogP contribution in [0.4, 0.5) is 5.13 Å². The Morgan fingerprint density at radius 2 is 2.23 bits per heavy atom. The number of hydrogen-bond donors (Lipinski definition) is 2. The summed E-state index contributed by atoms with van der Waals surface area (Å²) in [7, 11) is 0. The van der Waals surface area contributed by atoms with Crippen LogP contribution in [0.3, 0.4) is 0 Å². The number of thioether (sulfide) groups is 1. The van der Waals surface area contributed by atoms with E-state index >= 15 is 0 Å². The van der Waals surface area contributed by atoms with Crippen molar-refractivity contribution in [3.8, 4) is 0 Å². The summed E-state index contributed by atoms with van der Waals surface area (Å²) in [5.74, 6) is 0.419. The van der Waals surface area contributed by atoms with E-state index in [2.05, 4.69) is 56.6 Å². The Morgan fingerprint density at radius 3 is 3.04 bits per heavy atom. The largest absolute Gasteiger partial charge is 0.357 e. The van der Waals surface area contributed by atoms with E-state index in [-0.39, 0.29) is 11.9 Å². The number of carbonyl (C=O) groups is 1. The summed E-state index contributed by atoms with van der Waals surface area (Å²) < 4.78 is 0.795. The number of anilines is 1. The van der Waals surface area contributed by atoms with Crippen LogP contribution in [0.2, 0.25) is 0 Å². The number of rotatable bonds is 9. The molecule has 8 heteroatoms. The number of aromatic nitrogens is 2. The summed E-state index contributed by atoms with van der Waals surface area (Å²) in [6.07, 6.45) is 2.77. The first-order chi connectivity index (χ1) is 12.7. The van der Waals surface area contributed by atoms with Gasteiger partial charge in [-0.05, 0) is 12.0 Å². The number of nitrogens with one attached hydrogen (secondary N) is 2. The van der Waals surface area contributed by atoms with Crippen molar-refractivity contribution in [1.29, 1.82) is 0 Å². The molecule has 3 rings (SSSR count). The SMILES string of the molecule is C=CCNc1nnc(SCC(=O)NC2CCN(Cc3ccccc3)C2)s1. The van der Waals surface area contributed by atoms with Crippen molar-refractivity contribution < 1.29 is 4.79 Å². The molecule has 1 amide bonds. The van der Waals surface area contributed by atoms with Crippen LogP contribution >= 0.6 is 23.1 Å². The molecule has 6 nitrogen and oxygen atoms in total. The van der Waals surface area contributed by atoms with Gasteiger partial charge in [-0.3, -0.25) is 9.69 Å². The number of likely N-dealkylation sites (tertiary alicyclic amines) is 1. The standard InChI is InChI=1S/C18H23N5OS2/c1-2-9-19-17-21-22-18(26-17)25-13-16(24)20-15-8-10-23(12-15)11-14-6-4-3-5-7-14/h2-7,15H,1,8-13H2,(H,19,21)(H,20,24). The maximum Gasteiger partial charge on any atom is 0.230 e. The highest BCUT2D eigenvalue weighted by Crippen LogP contribution is 2.25. The zero-order valence-corrected chi connectivity index (χ0v) is 16.2. The monoisotopic (exact) mass is 389 g/mol. The Bertz CT molecular complexity index is 721. The third-order valence-electron chi connectivity index (χ3n) is 4.02. The Balaban J connectivity index is 1.37. The fraction of sp³-hybridized carbons (Fsp3) is 0.389. The molecule has 0 bridgehead atoms. The summed E-state index contributed by atoms with van der Waals surface area (Å²) >= 11 is 2.88. The molecule has 1 unspecified atom stereocenters. The molecule has 2 aromatic rings. The highest BCUT2D eigenvalue weighted by atomic mass is 32.2. The van der Waals surface area contributed by atoms with Crippen molar-refractivity contribution in [3.05, 3.63) is 48.6 Å². The van der Waals surface area contributed by atoms with Gasteiger partial charge in [-0.15, -0.1) is 16.8 Å². The highest BCUT2D eigenvalue weighted by Gasteiger charge is 2.23. The van der Waals surface area contributed by atoms with Crippen LogP contribution in [-0.4, -0.2) is 52.4 Å². The van der Waals surface area contributed by atoms with E-state index in [1.807, 2.05) is 6.07 Å². The predicted molar refractivity (Wildman–Crippen MR) is 108 cm³/mol. The van der Waals surface area contributed by atoms with Gasteiger partial charge >= 0.3 is 0 Å². The van der Waals surface area contributed by atoms with Gasteiger partial charge in [0.05, 0.1) is 5.75 Å². The third kappa shape index (κ3) is 5.82. The van der Waals surface area contributed by atoms with Gasteiger partial charge in [0.1, 0.15) is 0 Å². The summed E-state index contributed by atoms with van der Waals surface area (Å²) in [6, 6.07) is 10.7. The molecule has 1 fully saturated rings. The molecule has 1 saturated heterocycles. The van der Waals surface area contributed by atoms with Crippen LogP contribution in [0.15, 0.2) is 47.3 Å². The lowest BCUT2D eigenvalue weighted by Gasteiger charge is -2.16. The van der Waals surface area contributed by atoms with E-state index in [9.17, 15) is 4.79 Å². The molecule has 1 aliphatic rings. The number of benzene rings is 1. The van der Waals surface area contributed by atoms with Crippen molar-refractivity contribution in [2.75, 3.05) is 30.7 Å². The molecule has 1 aromatic carbocycles. The average Bonchev–Trinajstić information content (AvgIpc) is 3.28. The third-order valence-corrected chi connectivity index (χ3v) is 6.03. The van der Waals surface area contributed by atoms with Crippen molar-refractivity contribution in [1.82, 2.24) is 20.4 Å². The van der Waals surface area contributed by atoms with Crippen LogP contribution in [-0.2, 0) is 11.3 Å². The molecule has 26 heavy (non-hydrogen) atoms. The summed E-state index contributed by atoms with van der Waals surface area (Å²) in [4.78, 5) is 14.6. The first kappa shape index (κ1) is 18.9. The summed E-state index contributed by atoms with van der Waals surface area (Å²) in [6.45, 7) is 7.16. The van der Waals surface area contributed by atoms with E-state index < -0.39 is 0 Å². The van der Waals surface area contributed by atoms with Gasteiger partial charge in [0.2, 0.25) is 11.0 Å². The minimum Gasteiger partial charge on any atom is -0.357 e. The summed E-state index contributed by atoms with van der Waals surface area (Å²) in [5, 5.41) is 15.1. The smallest absolute Gasteiger partial charge is 0.230 e. The normalized spacial score (nSPS) is 17.2. The first-order valence-corrected chi connectivity index (χ1v) is 10.4. The van der Waals surface area contributed by atoms with Crippen LogP contribution in [0, 0.1) is 0 Å². The number of nitrogens with zero attached hydrogens (tertiary/aromatic N) is 3. The van der Waals surface area contributed by atoms with Crippen molar-refractivity contribution in [2.24, 2.45) is 0 Å². The molecule has 1 aliphatic heterocycles. The number of amides is 1. The Labute approximate surface area is 162 Å². The maximum absolute atomic E-state index is 12.2. The molecule has 1 atom stereocenters. The van der Waals surface area contributed by atoms with Gasteiger partial charge in [0.25, 0.3) is 0 Å². The Hall–Kier alpha value is -1.90. The van der Waals surface area contributed by atoms with E-state index in [4.69, 9.17) is 0 Å². The molecule has 0 spiro atoms. The van der Waals surface area contributed by atoms with Crippen molar-refractivity contribution in [2.45, 2.75) is 23.3 Å². The Morgan fingerprint density at radius 1 is 1.38 bits per heavy atom. The molecule has 0 saturated carbocycles. The van der Waals surface area contributed by atoms with Crippen LogP contribution in [0.1, 0.15) is 12.0 Å². The molecule has 0 radical (unpaired) electrons. The van der Waals surface area contributed by atoms with Crippen LogP contribution in [0.25, 0.3) is 0 Å². The zero-order valence-electron chi connectivity index (χ0n) is 14.6. The van der Waals surface area contributed by atoms with Gasteiger partial charge in [-0.2, -0.15) is 0 Å². The fourth-order valence-electron chi connectivity index (χ4n) is 2.83. The van der Waals surface area contributed by atoms with Crippen molar-refractivity contribution >= 4 is 34.1 Å². The second kappa shape index (κ2) is 9.70. The molecule has 1 aromatic heterocycles. The van der Waals surface area contributed by atoms with Gasteiger partial charge in [0.15, 0.2) is 4.34 Å². The van der Waals surface area contributed by atoms with Gasteiger partial charge in [0, 0.05) is 32.2 Å². The Kier molecular flexibility index (Phi) is 7.04. The molecule has 2 heterocycles. The average molecular weight is 390 g/mol. The van der Waals surface area contributed by atoms with Crippen LogP contribution in [0.5, 0.6) is 0 Å². The van der Waals surface area contributed by atoms with E-state index in [0.717, 1.165) is 35.5 Å².